The third-order valence-electron chi connectivity index (χ3n) is 4.80. The topological polar surface area (TPSA) is 67.9 Å². The van der Waals surface area contributed by atoms with Gasteiger partial charge in [0.25, 0.3) is 0 Å². The molecule has 3 rings (SSSR count). The van der Waals surface area contributed by atoms with Crippen LogP contribution in [0.1, 0.15) is 12.0 Å². The average molecular weight is 422 g/mol. The van der Waals surface area contributed by atoms with Crippen molar-refractivity contribution in [2.24, 2.45) is 5.92 Å². The Hall–Kier alpha value is -3.23. The fourth-order valence-electron chi connectivity index (χ4n) is 3.32. The van der Waals surface area contributed by atoms with E-state index in [4.69, 9.17) is 4.74 Å². The predicted octanol–water partition coefficient (Wildman–Crippen LogP) is 3.15. The van der Waals surface area contributed by atoms with E-state index in [-0.39, 0.29) is 48.5 Å². The quantitative estimate of drug-likeness (QED) is 0.710. The van der Waals surface area contributed by atoms with Gasteiger partial charge in [-0.15, -0.1) is 0 Å². The molecule has 160 valence electrons. The number of anilines is 1. The van der Waals surface area contributed by atoms with Crippen LogP contribution in [0.15, 0.2) is 42.5 Å². The molecule has 2 amide bonds. The van der Waals surface area contributed by atoms with Gasteiger partial charge in [-0.3, -0.25) is 9.59 Å². The Morgan fingerprint density at radius 2 is 2.00 bits per heavy atom. The van der Waals surface area contributed by atoms with E-state index in [0.29, 0.717) is 6.42 Å². The summed E-state index contributed by atoms with van der Waals surface area (Å²) in [5, 5.41) is 2.76. The highest BCUT2D eigenvalue weighted by Gasteiger charge is 2.35. The van der Waals surface area contributed by atoms with Crippen LogP contribution in [0, 0.1) is 11.7 Å². The van der Waals surface area contributed by atoms with Crippen LogP contribution in [0.3, 0.4) is 0 Å². The third kappa shape index (κ3) is 5.03. The summed E-state index contributed by atoms with van der Waals surface area (Å²) in [6, 6.07) is 10.5. The molecule has 0 unspecified atom stereocenters. The minimum absolute atomic E-state index is 0.00759. The minimum atomic E-state index is -2.96. The van der Waals surface area contributed by atoms with E-state index in [0.717, 1.165) is 5.56 Å². The number of hydrogen-bond acceptors (Lipinski definition) is 4. The zero-order valence-corrected chi connectivity index (χ0v) is 16.2. The molecule has 0 saturated carbocycles. The lowest BCUT2D eigenvalue weighted by molar-refractivity contribution is -0.126. The summed E-state index contributed by atoms with van der Waals surface area (Å²) in [7, 11) is 1.34. The number of para-hydroxylation sites is 1. The van der Waals surface area contributed by atoms with Crippen molar-refractivity contribution in [3.05, 3.63) is 53.8 Å². The summed E-state index contributed by atoms with van der Waals surface area (Å²) < 4.78 is 48.1. The number of benzene rings is 2. The first-order valence-corrected chi connectivity index (χ1v) is 9.33. The maximum absolute atomic E-state index is 13.9. The number of carbonyl (C=O) groups excluding carboxylic acids is 2. The van der Waals surface area contributed by atoms with E-state index in [9.17, 15) is 22.8 Å². The molecular formula is C21H21F3N2O4. The summed E-state index contributed by atoms with van der Waals surface area (Å²) in [5.41, 5.74) is 0.917. The highest BCUT2D eigenvalue weighted by atomic mass is 19.3. The molecule has 1 fully saturated rings. The second-order valence-corrected chi connectivity index (χ2v) is 6.76. The predicted molar refractivity (Wildman–Crippen MR) is 103 cm³/mol. The molecule has 0 spiro atoms. The Bertz CT molecular complexity index is 923. The molecule has 1 aliphatic heterocycles. The van der Waals surface area contributed by atoms with Crippen molar-refractivity contribution >= 4 is 17.5 Å². The van der Waals surface area contributed by atoms with Crippen LogP contribution in [0.4, 0.5) is 18.9 Å². The van der Waals surface area contributed by atoms with Gasteiger partial charge in [0.2, 0.25) is 11.8 Å². The molecule has 9 heteroatoms. The summed E-state index contributed by atoms with van der Waals surface area (Å²) in [6.07, 6.45) is 0.433. The van der Waals surface area contributed by atoms with Gasteiger partial charge in [0.15, 0.2) is 11.5 Å². The Kier molecular flexibility index (Phi) is 6.81. The second-order valence-electron chi connectivity index (χ2n) is 6.76. The fraction of sp³-hybridized carbons (Fsp3) is 0.333. The Morgan fingerprint density at radius 3 is 2.70 bits per heavy atom. The molecule has 0 bridgehead atoms. The van der Waals surface area contributed by atoms with Crippen molar-refractivity contribution in [2.45, 2.75) is 19.5 Å². The van der Waals surface area contributed by atoms with Gasteiger partial charge in [-0.2, -0.15) is 8.78 Å². The SMILES string of the molecule is COc1cc(CCNC(=O)[C@@H]2CC(=O)N(c3ccccc3F)C2)ccc1OC(F)F. The number of ether oxygens (including phenoxy) is 2. The number of hydrogen-bond donors (Lipinski definition) is 1. The standard InChI is InChI=1S/C21H21F3N2O4/c1-29-18-10-13(6-7-17(18)30-21(23)24)8-9-25-20(28)14-11-19(27)26(12-14)16-5-3-2-4-15(16)22/h2-7,10,14,21H,8-9,11-12H2,1H3,(H,25,28)/t14-/m1/s1. The number of amides is 2. The maximum Gasteiger partial charge on any atom is 0.387 e. The van der Waals surface area contributed by atoms with E-state index in [1.165, 1.54) is 36.3 Å². The van der Waals surface area contributed by atoms with Crippen LogP contribution >= 0.6 is 0 Å². The van der Waals surface area contributed by atoms with Crippen molar-refractivity contribution in [3.8, 4) is 11.5 Å². The van der Waals surface area contributed by atoms with Crippen LogP contribution in [0.25, 0.3) is 0 Å². The van der Waals surface area contributed by atoms with Gasteiger partial charge in [-0.1, -0.05) is 18.2 Å². The van der Waals surface area contributed by atoms with Crippen molar-refractivity contribution < 1.29 is 32.2 Å². The molecule has 1 atom stereocenters. The highest BCUT2D eigenvalue weighted by Crippen LogP contribution is 2.30. The third-order valence-corrected chi connectivity index (χ3v) is 4.80. The van der Waals surface area contributed by atoms with E-state index in [1.54, 1.807) is 18.2 Å². The molecule has 6 nitrogen and oxygen atoms in total. The molecule has 2 aromatic carbocycles. The van der Waals surface area contributed by atoms with Gasteiger partial charge in [-0.25, -0.2) is 4.39 Å². The fourth-order valence-corrected chi connectivity index (χ4v) is 3.32. The lowest BCUT2D eigenvalue weighted by atomic mass is 10.1. The molecule has 30 heavy (non-hydrogen) atoms. The Labute approximate surface area is 171 Å². The van der Waals surface area contributed by atoms with Crippen LogP contribution < -0.4 is 19.7 Å². The van der Waals surface area contributed by atoms with Crippen molar-refractivity contribution in [3.63, 3.8) is 0 Å². The van der Waals surface area contributed by atoms with Crippen LogP contribution in [0.5, 0.6) is 11.5 Å². The molecule has 1 aliphatic rings. The van der Waals surface area contributed by atoms with E-state index in [1.807, 2.05) is 0 Å². The van der Waals surface area contributed by atoms with Gasteiger partial charge in [0.1, 0.15) is 5.82 Å². The van der Waals surface area contributed by atoms with Crippen molar-refractivity contribution in [1.82, 2.24) is 5.32 Å². The normalized spacial score (nSPS) is 16.1. The molecule has 1 N–H and O–H groups in total. The summed E-state index contributed by atoms with van der Waals surface area (Å²) in [6.45, 7) is -2.57. The number of nitrogens with one attached hydrogen (secondary N) is 1. The number of carbonyl (C=O) groups is 2. The zero-order chi connectivity index (χ0) is 21.7. The van der Waals surface area contributed by atoms with E-state index < -0.39 is 18.3 Å². The van der Waals surface area contributed by atoms with Crippen LogP contribution in [-0.2, 0) is 16.0 Å². The first kappa shape index (κ1) is 21.5. The molecule has 1 heterocycles. The number of alkyl halides is 2. The number of nitrogens with zero attached hydrogens (tertiary/aromatic N) is 1. The summed E-state index contributed by atoms with van der Waals surface area (Å²) >= 11 is 0. The molecule has 1 saturated heterocycles. The van der Waals surface area contributed by atoms with Crippen molar-refractivity contribution in [1.29, 1.82) is 0 Å². The lowest BCUT2D eigenvalue weighted by Gasteiger charge is -2.17. The maximum atomic E-state index is 13.9. The number of halogens is 3. The van der Waals surface area contributed by atoms with Gasteiger partial charge in [0, 0.05) is 19.5 Å². The molecule has 0 aromatic heterocycles. The highest BCUT2D eigenvalue weighted by molar-refractivity contribution is 6.00. The monoisotopic (exact) mass is 422 g/mol. The summed E-state index contributed by atoms with van der Waals surface area (Å²) in [5.74, 6) is -1.60. The number of rotatable bonds is 8. The van der Waals surface area contributed by atoms with Gasteiger partial charge in [-0.05, 0) is 36.2 Å². The van der Waals surface area contributed by atoms with Crippen LogP contribution in [-0.4, -0.2) is 38.6 Å². The Morgan fingerprint density at radius 1 is 1.23 bits per heavy atom. The summed E-state index contributed by atoms with van der Waals surface area (Å²) in [4.78, 5) is 25.9. The van der Waals surface area contributed by atoms with Gasteiger partial charge >= 0.3 is 6.61 Å². The van der Waals surface area contributed by atoms with E-state index in [2.05, 4.69) is 10.1 Å². The molecule has 0 radical (unpaired) electrons. The Balaban J connectivity index is 1.54. The van der Waals surface area contributed by atoms with Crippen molar-refractivity contribution in [2.75, 3.05) is 25.1 Å². The number of methoxy groups -OCH3 is 1. The van der Waals surface area contributed by atoms with Gasteiger partial charge in [0.05, 0.1) is 18.7 Å². The largest absolute Gasteiger partial charge is 0.493 e. The first-order chi connectivity index (χ1) is 14.4. The molecule has 2 aromatic rings. The molecule has 0 aliphatic carbocycles. The van der Waals surface area contributed by atoms with Gasteiger partial charge < -0.3 is 19.7 Å². The smallest absolute Gasteiger partial charge is 0.387 e. The first-order valence-electron chi connectivity index (χ1n) is 9.33. The molecular weight excluding hydrogens is 401 g/mol. The zero-order valence-electron chi connectivity index (χ0n) is 16.2. The minimum Gasteiger partial charge on any atom is -0.493 e. The second kappa shape index (κ2) is 9.51. The van der Waals surface area contributed by atoms with E-state index >= 15 is 0 Å². The lowest BCUT2D eigenvalue weighted by Crippen LogP contribution is -2.34. The average Bonchev–Trinajstić information content (AvgIpc) is 3.10. The van der Waals surface area contributed by atoms with Crippen LogP contribution in [0.2, 0.25) is 0 Å².